The average Bonchev–Trinajstić information content (AvgIpc) is 2.75. The second-order valence-corrected chi connectivity index (χ2v) is 7.56. The number of hydrogen-bond donors (Lipinski definition) is 2. The third-order valence-corrected chi connectivity index (χ3v) is 4.19. The van der Waals surface area contributed by atoms with Crippen LogP contribution < -0.4 is 5.32 Å². The lowest BCUT2D eigenvalue weighted by molar-refractivity contribution is -0.0375. The number of rotatable bonds is 9. The molecule has 1 saturated carbocycles. The van der Waals surface area contributed by atoms with E-state index in [4.69, 9.17) is 9.47 Å². The lowest BCUT2D eigenvalue weighted by Gasteiger charge is -2.37. The monoisotopic (exact) mass is 301 g/mol. The molecule has 0 aliphatic heterocycles. The minimum Gasteiger partial charge on any atom is -0.394 e. The number of hydrogen-bond acceptors (Lipinski definition) is 4. The predicted molar refractivity (Wildman–Crippen MR) is 86.6 cm³/mol. The molecule has 4 heteroatoms. The van der Waals surface area contributed by atoms with Gasteiger partial charge < -0.3 is 19.9 Å². The number of ether oxygens (including phenoxy) is 2. The average molecular weight is 301 g/mol. The Morgan fingerprint density at radius 1 is 1.24 bits per heavy atom. The van der Waals surface area contributed by atoms with Gasteiger partial charge in [-0.2, -0.15) is 0 Å². The van der Waals surface area contributed by atoms with Crippen LogP contribution >= 0.6 is 0 Å². The third-order valence-electron chi connectivity index (χ3n) is 4.19. The van der Waals surface area contributed by atoms with Crippen molar-refractivity contribution in [2.24, 2.45) is 5.92 Å². The van der Waals surface area contributed by atoms with E-state index < -0.39 is 0 Å². The summed E-state index contributed by atoms with van der Waals surface area (Å²) >= 11 is 0. The Morgan fingerprint density at radius 3 is 2.52 bits per heavy atom. The van der Waals surface area contributed by atoms with Gasteiger partial charge in [-0.05, 0) is 46.0 Å². The molecule has 0 aromatic heterocycles. The van der Waals surface area contributed by atoms with Crippen LogP contribution in [0.25, 0.3) is 0 Å². The highest BCUT2D eigenvalue weighted by Gasteiger charge is 2.42. The highest BCUT2D eigenvalue weighted by Crippen LogP contribution is 2.38. The van der Waals surface area contributed by atoms with Crippen molar-refractivity contribution in [3.8, 4) is 0 Å². The minimum atomic E-state index is -0.0978. The van der Waals surface area contributed by atoms with Crippen LogP contribution in [0, 0.1) is 5.92 Å². The lowest BCUT2D eigenvalue weighted by Crippen LogP contribution is -2.54. The second kappa shape index (κ2) is 8.47. The van der Waals surface area contributed by atoms with E-state index in [0.717, 1.165) is 19.4 Å². The Kier molecular flexibility index (Phi) is 7.62. The van der Waals surface area contributed by atoms with Gasteiger partial charge >= 0.3 is 0 Å². The van der Waals surface area contributed by atoms with Crippen molar-refractivity contribution in [3.63, 3.8) is 0 Å². The molecule has 0 bridgehead atoms. The van der Waals surface area contributed by atoms with Crippen LogP contribution in [0.15, 0.2) is 0 Å². The highest BCUT2D eigenvalue weighted by molar-refractivity contribution is 4.99. The van der Waals surface area contributed by atoms with Gasteiger partial charge in [-0.15, -0.1) is 0 Å². The molecule has 0 amide bonds. The van der Waals surface area contributed by atoms with Crippen molar-refractivity contribution in [3.05, 3.63) is 0 Å². The van der Waals surface area contributed by atoms with Crippen LogP contribution in [0.4, 0.5) is 0 Å². The maximum absolute atomic E-state index is 9.84. The Morgan fingerprint density at radius 2 is 1.95 bits per heavy atom. The van der Waals surface area contributed by atoms with Crippen LogP contribution in [0.1, 0.15) is 60.3 Å². The molecular formula is C17H35NO3. The van der Waals surface area contributed by atoms with Gasteiger partial charge in [0.05, 0.1) is 25.4 Å². The molecule has 0 radical (unpaired) electrons. The molecule has 1 fully saturated rings. The second-order valence-electron chi connectivity index (χ2n) is 7.56. The molecule has 1 rings (SSSR count). The fourth-order valence-electron chi connectivity index (χ4n) is 3.32. The van der Waals surface area contributed by atoms with E-state index in [1.807, 2.05) is 0 Å². The van der Waals surface area contributed by atoms with Gasteiger partial charge in [-0.3, -0.25) is 0 Å². The first-order chi connectivity index (χ1) is 9.79. The normalized spacial score (nSPS) is 26.7. The van der Waals surface area contributed by atoms with Gasteiger partial charge in [0.15, 0.2) is 0 Å². The van der Waals surface area contributed by atoms with E-state index in [0.29, 0.717) is 25.2 Å². The molecule has 2 N–H and O–H groups in total. The summed E-state index contributed by atoms with van der Waals surface area (Å²) in [5, 5.41) is 13.4. The van der Waals surface area contributed by atoms with E-state index >= 15 is 0 Å². The maximum atomic E-state index is 9.84. The standard InChI is InChI=1S/C17H35NO3/c1-14(2)18-17(13-19)9-6-7-15(17)8-10-20-11-12-21-16(3,4)5/h14-15,18-19H,6-13H2,1-5H3. The minimum absolute atomic E-state index is 0.0952. The SMILES string of the molecule is CC(C)NC1(CO)CCCC1CCOCCOC(C)(C)C. The van der Waals surface area contributed by atoms with Crippen LogP contribution in [-0.4, -0.2) is 48.7 Å². The Bertz CT molecular complexity index is 288. The summed E-state index contributed by atoms with van der Waals surface area (Å²) in [7, 11) is 0. The Balaban J connectivity index is 2.27. The number of aliphatic hydroxyl groups is 1. The summed E-state index contributed by atoms with van der Waals surface area (Å²) in [5.74, 6) is 0.508. The van der Waals surface area contributed by atoms with Crippen LogP contribution in [-0.2, 0) is 9.47 Å². The van der Waals surface area contributed by atoms with Gasteiger partial charge in [-0.25, -0.2) is 0 Å². The molecule has 126 valence electrons. The lowest BCUT2D eigenvalue weighted by atomic mass is 9.85. The smallest absolute Gasteiger partial charge is 0.0707 e. The maximum Gasteiger partial charge on any atom is 0.0707 e. The zero-order valence-corrected chi connectivity index (χ0v) is 14.6. The van der Waals surface area contributed by atoms with Crippen molar-refractivity contribution in [2.75, 3.05) is 26.4 Å². The summed E-state index contributed by atoms with van der Waals surface area (Å²) in [6.07, 6.45) is 4.45. The van der Waals surface area contributed by atoms with E-state index in [1.165, 1.54) is 12.8 Å². The molecule has 4 nitrogen and oxygen atoms in total. The molecule has 0 heterocycles. The van der Waals surface area contributed by atoms with Crippen molar-refractivity contribution in [2.45, 2.75) is 77.5 Å². The third kappa shape index (κ3) is 6.64. The molecule has 0 spiro atoms. The summed E-state index contributed by atoms with van der Waals surface area (Å²) in [5.41, 5.74) is -0.193. The fraction of sp³-hybridized carbons (Fsp3) is 1.00. The predicted octanol–water partition coefficient (Wildman–Crippen LogP) is 2.74. The van der Waals surface area contributed by atoms with Crippen molar-refractivity contribution < 1.29 is 14.6 Å². The Hall–Kier alpha value is -0.160. The van der Waals surface area contributed by atoms with Gasteiger partial charge in [-0.1, -0.05) is 20.3 Å². The fourth-order valence-corrected chi connectivity index (χ4v) is 3.32. The zero-order chi connectivity index (χ0) is 15.9. The first kappa shape index (κ1) is 18.9. The topological polar surface area (TPSA) is 50.7 Å². The Labute approximate surface area is 130 Å². The molecular weight excluding hydrogens is 266 g/mol. The molecule has 0 aromatic rings. The molecule has 2 atom stereocenters. The van der Waals surface area contributed by atoms with E-state index in [-0.39, 0.29) is 17.7 Å². The number of nitrogens with one attached hydrogen (secondary N) is 1. The van der Waals surface area contributed by atoms with Gasteiger partial charge in [0.25, 0.3) is 0 Å². The van der Waals surface area contributed by atoms with E-state index in [2.05, 4.69) is 39.9 Å². The van der Waals surface area contributed by atoms with Crippen molar-refractivity contribution >= 4 is 0 Å². The molecule has 0 aromatic carbocycles. The molecule has 1 aliphatic carbocycles. The molecule has 2 unspecified atom stereocenters. The van der Waals surface area contributed by atoms with Crippen molar-refractivity contribution in [1.29, 1.82) is 0 Å². The number of aliphatic hydroxyl groups excluding tert-OH is 1. The first-order valence-corrected chi connectivity index (χ1v) is 8.39. The van der Waals surface area contributed by atoms with Crippen LogP contribution in [0.2, 0.25) is 0 Å². The van der Waals surface area contributed by atoms with Gasteiger partial charge in [0.2, 0.25) is 0 Å². The summed E-state index contributed by atoms with van der Waals surface area (Å²) < 4.78 is 11.3. The molecule has 1 aliphatic rings. The zero-order valence-electron chi connectivity index (χ0n) is 14.6. The van der Waals surface area contributed by atoms with Gasteiger partial charge in [0, 0.05) is 18.2 Å². The summed E-state index contributed by atoms with van der Waals surface area (Å²) in [6, 6.07) is 0.402. The first-order valence-electron chi connectivity index (χ1n) is 8.39. The van der Waals surface area contributed by atoms with Gasteiger partial charge in [0.1, 0.15) is 0 Å². The van der Waals surface area contributed by atoms with Crippen LogP contribution in [0.3, 0.4) is 0 Å². The molecule has 0 saturated heterocycles. The van der Waals surface area contributed by atoms with E-state index in [9.17, 15) is 5.11 Å². The summed E-state index contributed by atoms with van der Waals surface area (Å²) in [6.45, 7) is 12.7. The quantitative estimate of drug-likeness (QED) is 0.643. The molecule has 21 heavy (non-hydrogen) atoms. The van der Waals surface area contributed by atoms with Crippen LogP contribution in [0.5, 0.6) is 0 Å². The summed E-state index contributed by atoms with van der Waals surface area (Å²) in [4.78, 5) is 0. The highest BCUT2D eigenvalue weighted by atomic mass is 16.5. The van der Waals surface area contributed by atoms with E-state index in [1.54, 1.807) is 0 Å². The largest absolute Gasteiger partial charge is 0.394 e. The van der Waals surface area contributed by atoms with Crippen molar-refractivity contribution in [1.82, 2.24) is 5.32 Å².